The van der Waals surface area contributed by atoms with Gasteiger partial charge in [-0.05, 0) is 42.2 Å². The summed E-state index contributed by atoms with van der Waals surface area (Å²) in [5.41, 5.74) is 2.49. The molecule has 3 N–H and O–H groups in total. The molecule has 1 unspecified atom stereocenters. The third kappa shape index (κ3) is 4.49. The third-order valence-electron chi connectivity index (χ3n) is 3.49. The van der Waals surface area contributed by atoms with Crippen molar-refractivity contribution in [1.29, 1.82) is 0 Å². The normalized spacial score (nSPS) is 13.1. The van der Waals surface area contributed by atoms with Crippen molar-refractivity contribution >= 4 is 7.60 Å². The topological polar surface area (TPSA) is 69.6 Å². The summed E-state index contributed by atoms with van der Waals surface area (Å²) in [7, 11) is -4.43. The average molecular weight is 323 g/mol. The Balaban J connectivity index is 2.09. The van der Waals surface area contributed by atoms with E-state index in [2.05, 4.69) is 5.32 Å². The molecule has 0 aromatic heterocycles. The largest absolute Gasteiger partial charge is 0.346 e. The van der Waals surface area contributed by atoms with Gasteiger partial charge in [0.25, 0.3) is 0 Å². The maximum atomic E-state index is 13.3. The van der Waals surface area contributed by atoms with Crippen LogP contribution in [-0.2, 0) is 11.0 Å². The fourth-order valence-corrected chi connectivity index (χ4v) is 3.26. The zero-order chi connectivity index (χ0) is 16.2. The quantitative estimate of drug-likeness (QED) is 0.714. The van der Waals surface area contributed by atoms with Crippen LogP contribution in [0.1, 0.15) is 22.5 Å². The lowest BCUT2D eigenvalue weighted by molar-refractivity contribution is 0.348. The zero-order valence-corrected chi connectivity index (χ0v) is 13.1. The van der Waals surface area contributed by atoms with Gasteiger partial charge in [0.2, 0.25) is 0 Å². The number of hydrogen-bond donors (Lipinski definition) is 3. The fraction of sp³-hybridized carbons (Fsp3) is 0.250. The minimum absolute atomic E-state index is 0.248. The van der Waals surface area contributed by atoms with Gasteiger partial charge in [-0.1, -0.05) is 36.4 Å². The molecule has 0 aliphatic carbocycles. The van der Waals surface area contributed by atoms with Crippen LogP contribution in [0.15, 0.2) is 48.5 Å². The van der Waals surface area contributed by atoms with Crippen molar-refractivity contribution in [1.82, 2.24) is 5.32 Å². The lowest BCUT2D eigenvalue weighted by atomic mass is 10.1. The van der Waals surface area contributed by atoms with Gasteiger partial charge >= 0.3 is 7.60 Å². The molecule has 0 bridgehead atoms. The van der Waals surface area contributed by atoms with Crippen molar-refractivity contribution in [2.75, 3.05) is 6.54 Å². The molecule has 0 aliphatic heterocycles. The van der Waals surface area contributed by atoms with E-state index >= 15 is 0 Å². The summed E-state index contributed by atoms with van der Waals surface area (Å²) in [4.78, 5) is 19.0. The van der Waals surface area contributed by atoms with Crippen LogP contribution in [0.25, 0.3) is 0 Å². The molecule has 2 aromatic carbocycles. The Morgan fingerprint density at radius 3 is 2.55 bits per heavy atom. The Hall–Kier alpha value is -1.52. The van der Waals surface area contributed by atoms with Crippen molar-refractivity contribution < 1.29 is 18.7 Å². The van der Waals surface area contributed by atoms with E-state index in [4.69, 9.17) is 0 Å². The summed E-state index contributed by atoms with van der Waals surface area (Å²) in [5, 5.41) is 2.85. The molecule has 0 radical (unpaired) electrons. The minimum atomic E-state index is -4.43. The van der Waals surface area contributed by atoms with Crippen molar-refractivity contribution in [3.63, 3.8) is 0 Å². The second-order valence-corrected chi connectivity index (χ2v) is 6.87. The molecule has 1 atom stereocenters. The Labute approximate surface area is 129 Å². The standard InChI is InChI=1S/C16H19FNO3P/c1-12-5-2-3-6-13(12)9-10-18-16(22(19,20)21)14-7-4-8-15(17)11-14/h2-8,11,16,18H,9-10H2,1H3,(H2,19,20,21). The van der Waals surface area contributed by atoms with Crippen molar-refractivity contribution in [2.45, 2.75) is 19.1 Å². The van der Waals surface area contributed by atoms with E-state index in [-0.39, 0.29) is 5.56 Å². The highest BCUT2D eigenvalue weighted by atomic mass is 31.2. The third-order valence-corrected chi connectivity index (χ3v) is 4.65. The fourth-order valence-electron chi connectivity index (χ4n) is 2.34. The first-order chi connectivity index (χ1) is 10.4. The second kappa shape index (κ2) is 7.16. The lowest BCUT2D eigenvalue weighted by Gasteiger charge is -2.20. The van der Waals surface area contributed by atoms with E-state index in [9.17, 15) is 18.7 Å². The molecular weight excluding hydrogens is 304 g/mol. The Morgan fingerprint density at radius 2 is 1.91 bits per heavy atom. The minimum Gasteiger partial charge on any atom is -0.323 e. The van der Waals surface area contributed by atoms with Crippen LogP contribution in [0.3, 0.4) is 0 Å². The molecule has 2 aromatic rings. The van der Waals surface area contributed by atoms with Gasteiger partial charge < -0.3 is 9.79 Å². The van der Waals surface area contributed by atoms with Gasteiger partial charge in [0.1, 0.15) is 11.6 Å². The van der Waals surface area contributed by atoms with Crippen molar-refractivity contribution in [2.24, 2.45) is 0 Å². The Kier molecular flexibility index (Phi) is 5.48. The molecule has 0 saturated heterocycles. The lowest BCUT2D eigenvalue weighted by Crippen LogP contribution is -2.24. The Bertz CT molecular complexity index is 687. The molecule has 0 amide bonds. The zero-order valence-electron chi connectivity index (χ0n) is 12.2. The number of rotatable bonds is 6. The SMILES string of the molecule is Cc1ccccc1CCNC(c1cccc(F)c1)P(=O)(O)O. The van der Waals surface area contributed by atoms with Crippen molar-refractivity contribution in [3.05, 3.63) is 71.0 Å². The first-order valence-electron chi connectivity index (χ1n) is 6.96. The Morgan fingerprint density at radius 1 is 1.18 bits per heavy atom. The maximum Gasteiger partial charge on any atom is 0.346 e. The van der Waals surface area contributed by atoms with Gasteiger partial charge in [-0.25, -0.2) is 4.39 Å². The molecule has 6 heteroatoms. The van der Waals surface area contributed by atoms with Gasteiger partial charge in [0.05, 0.1) is 0 Å². The number of nitrogens with one attached hydrogen (secondary N) is 1. The van der Waals surface area contributed by atoms with Gasteiger partial charge in [-0.3, -0.25) is 9.88 Å². The second-order valence-electron chi connectivity index (χ2n) is 5.18. The van der Waals surface area contributed by atoms with Gasteiger partial charge in [0.15, 0.2) is 0 Å². The van der Waals surface area contributed by atoms with Crippen LogP contribution in [-0.4, -0.2) is 16.3 Å². The number of halogens is 1. The highest BCUT2D eigenvalue weighted by Crippen LogP contribution is 2.49. The van der Waals surface area contributed by atoms with E-state index in [0.29, 0.717) is 13.0 Å². The van der Waals surface area contributed by atoms with Gasteiger partial charge in [0, 0.05) is 6.54 Å². The van der Waals surface area contributed by atoms with Crippen LogP contribution in [0, 0.1) is 12.7 Å². The predicted molar refractivity (Wildman–Crippen MR) is 84.1 cm³/mol. The first-order valence-corrected chi connectivity index (χ1v) is 8.64. The molecule has 22 heavy (non-hydrogen) atoms. The molecule has 2 rings (SSSR count). The molecule has 0 spiro atoms. The maximum absolute atomic E-state index is 13.3. The number of benzene rings is 2. The predicted octanol–water partition coefficient (Wildman–Crippen LogP) is 3.14. The first kappa shape index (κ1) is 16.8. The molecule has 0 aliphatic rings. The number of hydrogen-bond acceptors (Lipinski definition) is 2. The molecule has 0 heterocycles. The van der Waals surface area contributed by atoms with Gasteiger partial charge in [-0.15, -0.1) is 0 Å². The summed E-state index contributed by atoms with van der Waals surface area (Å²) in [6.45, 7) is 2.37. The summed E-state index contributed by atoms with van der Waals surface area (Å²) < 4.78 is 24.9. The van der Waals surface area contributed by atoms with Crippen LogP contribution in [0.5, 0.6) is 0 Å². The summed E-state index contributed by atoms with van der Waals surface area (Å²) in [6, 6.07) is 13.2. The van der Waals surface area contributed by atoms with E-state index in [0.717, 1.165) is 17.2 Å². The average Bonchev–Trinajstić information content (AvgIpc) is 2.44. The molecule has 0 fully saturated rings. The molecule has 118 valence electrons. The molecular formula is C16H19FNO3P. The smallest absolute Gasteiger partial charge is 0.323 e. The van der Waals surface area contributed by atoms with Crippen molar-refractivity contribution in [3.8, 4) is 0 Å². The van der Waals surface area contributed by atoms with Crippen LogP contribution < -0.4 is 5.32 Å². The number of aryl methyl sites for hydroxylation is 1. The molecule has 4 nitrogen and oxygen atoms in total. The summed E-state index contributed by atoms with van der Waals surface area (Å²) in [6.07, 6.45) is 0.637. The van der Waals surface area contributed by atoms with E-state index < -0.39 is 19.2 Å². The van der Waals surface area contributed by atoms with E-state index in [1.165, 1.54) is 18.2 Å². The molecule has 0 saturated carbocycles. The van der Waals surface area contributed by atoms with E-state index in [1.807, 2.05) is 31.2 Å². The monoisotopic (exact) mass is 323 g/mol. The van der Waals surface area contributed by atoms with E-state index in [1.54, 1.807) is 0 Å². The van der Waals surface area contributed by atoms with Gasteiger partial charge in [-0.2, -0.15) is 0 Å². The summed E-state index contributed by atoms with van der Waals surface area (Å²) >= 11 is 0. The van der Waals surface area contributed by atoms with Crippen LogP contribution in [0.4, 0.5) is 4.39 Å². The van der Waals surface area contributed by atoms with Crippen LogP contribution in [0.2, 0.25) is 0 Å². The highest BCUT2D eigenvalue weighted by molar-refractivity contribution is 7.52. The summed E-state index contributed by atoms with van der Waals surface area (Å²) in [5.74, 6) is -1.72. The highest BCUT2D eigenvalue weighted by Gasteiger charge is 2.30. The van der Waals surface area contributed by atoms with Crippen LogP contribution >= 0.6 is 7.60 Å².